The molecule has 1 heterocycles. The minimum absolute atomic E-state index is 0.0478. The van der Waals surface area contributed by atoms with Crippen molar-refractivity contribution in [3.8, 4) is 11.1 Å². The van der Waals surface area contributed by atoms with E-state index in [1.165, 1.54) is 11.8 Å². The lowest BCUT2D eigenvalue weighted by atomic mass is 9.98. The van der Waals surface area contributed by atoms with E-state index in [-0.39, 0.29) is 18.9 Å². The molecule has 1 aliphatic carbocycles. The minimum Gasteiger partial charge on any atom is -0.481 e. The monoisotopic (exact) mass is 504 g/mol. The fourth-order valence-electron chi connectivity index (χ4n) is 4.71. The van der Waals surface area contributed by atoms with Crippen LogP contribution in [0.5, 0.6) is 0 Å². The lowest BCUT2D eigenvalue weighted by molar-refractivity contribution is -0.151. The summed E-state index contributed by atoms with van der Waals surface area (Å²) in [5.41, 5.74) is 4.23. The summed E-state index contributed by atoms with van der Waals surface area (Å²) in [4.78, 5) is 37.6. The van der Waals surface area contributed by atoms with Crippen LogP contribution >= 0.6 is 11.8 Å². The van der Waals surface area contributed by atoms with Crippen LogP contribution in [0, 0.1) is 5.92 Å². The molecule has 2 aromatic rings. The number of nitrogens with one attached hydrogen (secondary N) is 1. The van der Waals surface area contributed by atoms with E-state index in [1.54, 1.807) is 0 Å². The third-order valence-corrected chi connectivity index (χ3v) is 7.11. The number of thioether (sulfide) groups is 1. The molecule has 1 saturated heterocycles. The zero-order valence-electron chi connectivity index (χ0n) is 19.1. The molecule has 2 N–H and O–H groups in total. The van der Waals surface area contributed by atoms with Crippen molar-refractivity contribution in [3.05, 3.63) is 59.7 Å². The fraction of sp³-hybridized carbons (Fsp3) is 0.400. The fourth-order valence-corrected chi connectivity index (χ4v) is 5.18. The number of amides is 2. The molecule has 2 aromatic carbocycles. The molecule has 186 valence electrons. The number of fused-ring (bicyclic) bond motifs is 3. The highest BCUT2D eigenvalue weighted by atomic mass is 32.2. The Hall–Kier alpha value is -3.14. The SMILES string of the molecule is CSCC[C@@H](NC(=O)OCC1c2ccccc2-c2ccccc21)C(=O)N1CC(C(=O)O)C(F)(F)C1. The van der Waals surface area contributed by atoms with Gasteiger partial charge in [-0.1, -0.05) is 48.5 Å². The Balaban J connectivity index is 1.42. The molecular formula is C25H26F2N2O5S. The summed E-state index contributed by atoms with van der Waals surface area (Å²) in [5, 5.41) is 11.6. The van der Waals surface area contributed by atoms with Gasteiger partial charge in [0.1, 0.15) is 18.6 Å². The normalized spacial score (nSPS) is 19.1. The Morgan fingerprint density at radius 3 is 2.29 bits per heavy atom. The molecule has 1 aliphatic heterocycles. The van der Waals surface area contributed by atoms with Gasteiger partial charge in [0, 0.05) is 12.5 Å². The molecule has 0 spiro atoms. The Bertz CT molecular complexity index is 1080. The molecule has 35 heavy (non-hydrogen) atoms. The van der Waals surface area contributed by atoms with Crippen LogP contribution in [0.2, 0.25) is 0 Å². The van der Waals surface area contributed by atoms with Crippen LogP contribution in [-0.4, -0.2) is 71.6 Å². The van der Waals surface area contributed by atoms with Crippen molar-refractivity contribution in [2.45, 2.75) is 24.3 Å². The number of hydrogen-bond donors (Lipinski definition) is 2. The molecule has 2 aliphatic rings. The third-order valence-electron chi connectivity index (χ3n) is 6.47. The number of carboxylic acids is 1. The summed E-state index contributed by atoms with van der Waals surface area (Å²) in [6, 6.07) is 14.6. The van der Waals surface area contributed by atoms with Crippen molar-refractivity contribution < 1.29 is 33.0 Å². The van der Waals surface area contributed by atoms with Gasteiger partial charge in [0.25, 0.3) is 5.92 Å². The number of likely N-dealkylation sites (tertiary alicyclic amines) is 1. The number of nitrogens with zero attached hydrogens (tertiary/aromatic N) is 1. The van der Waals surface area contributed by atoms with E-state index in [0.717, 1.165) is 27.2 Å². The van der Waals surface area contributed by atoms with E-state index < -0.39 is 48.9 Å². The van der Waals surface area contributed by atoms with Gasteiger partial charge in [-0.05, 0) is 40.7 Å². The maximum absolute atomic E-state index is 14.1. The molecule has 0 radical (unpaired) electrons. The van der Waals surface area contributed by atoms with E-state index in [2.05, 4.69) is 5.32 Å². The van der Waals surface area contributed by atoms with E-state index in [4.69, 9.17) is 9.84 Å². The van der Waals surface area contributed by atoms with Crippen LogP contribution < -0.4 is 5.32 Å². The molecule has 0 saturated carbocycles. The highest BCUT2D eigenvalue weighted by Crippen LogP contribution is 2.44. The van der Waals surface area contributed by atoms with Gasteiger partial charge < -0.3 is 20.1 Å². The number of hydrogen-bond acceptors (Lipinski definition) is 5. The van der Waals surface area contributed by atoms with Crippen molar-refractivity contribution in [3.63, 3.8) is 0 Å². The van der Waals surface area contributed by atoms with Gasteiger partial charge in [-0.15, -0.1) is 0 Å². The Morgan fingerprint density at radius 1 is 1.14 bits per heavy atom. The first-order chi connectivity index (χ1) is 16.7. The zero-order chi connectivity index (χ0) is 25.2. The smallest absolute Gasteiger partial charge is 0.407 e. The van der Waals surface area contributed by atoms with Crippen LogP contribution in [0.4, 0.5) is 13.6 Å². The van der Waals surface area contributed by atoms with Crippen LogP contribution in [0.15, 0.2) is 48.5 Å². The second-order valence-electron chi connectivity index (χ2n) is 8.67. The number of halogens is 2. The molecule has 2 atom stereocenters. The van der Waals surface area contributed by atoms with Crippen molar-refractivity contribution in [2.24, 2.45) is 5.92 Å². The van der Waals surface area contributed by atoms with Gasteiger partial charge in [-0.3, -0.25) is 9.59 Å². The molecule has 7 nitrogen and oxygen atoms in total. The van der Waals surface area contributed by atoms with E-state index >= 15 is 0 Å². The van der Waals surface area contributed by atoms with Gasteiger partial charge in [0.15, 0.2) is 0 Å². The van der Waals surface area contributed by atoms with Crippen molar-refractivity contribution in [1.82, 2.24) is 10.2 Å². The lowest BCUT2D eigenvalue weighted by Gasteiger charge is -2.24. The predicted molar refractivity (Wildman–Crippen MR) is 128 cm³/mol. The standard InChI is InChI=1S/C25H26F2N2O5S/c1-35-11-10-21(22(30)29-12-20(23(31)32)25(26,27)14-29)28-24(33)34-13-19-17-8-4-2-6-15(17)16-7-3-5-9-18(16)19/h2-9,19-21H,10-14H2,1H3,(H,28,33)(H,31,32)/t20?,21-/m1/s1. The first-order valence-corrected chi connectivity index (χ1v) is 12.6. The van der Waals surface area contributed by atoms with Crippen LogP contribution in [0.3, 0.4) is 0 Å². The molecular weight excluding hydrogens is 478 g/mol. The number of carbonyl (C=O) groups is 3. The van der Waals surface area contributed by atoms with Gasteiger partial charge in [-0.25, -0.2) is 13.6 Å². The molecule has 1 fully saturated rings. The lowest BCUT2D eigenvalue weighted by Crippen LogP contribution is -2.49. The Labute approximate surface area is 205 Å². The molecule has 1 unspecified atom stereocenters. The largest absolute Gasteiger partial charge is 0.481 e. The summed E-state index contributed by atoms with van der Waals surface area (Å²) < 4.78 is 33.7. The Kier molecular flexibility index (Phi) is 7.30. The number of alkyl halides is 2. The molecule has 4 rings (SSSR count). The number of aliphatic carboxylic acids is 1. The number of rotatable bonds is 8. The van der Waals surface area contributed by atoms with Gasteiger partial charge in [0.2, 0.25) is 5.91 Å². The average molecular weight is 505 g/mol. The second kappa shape index (κ2) is 10.2. The van der Waals surface area contributed by atoms with Gasteiger partial charge >= 0.3 is 12.1 Å². The van der Waals surface area contributed by atoms with Crippen molar-refractivity contribution in [1.29, 1.82) is 0 Å². The number of benzene rings is 2. The first kappa shape index (κ1) is 25.0. The molecule has 10 heteroatoms. The maximum Gasteiger partial charge on any atom is 0.407 e. The topological polar surface area (TPSA) is 95.9 Å². The zero-order valence-corrected chi connectivity index (χ0v) is 19.9. The molecule has 2 amide bonds. The maximum atomic E-state index is 14.1. The summed E-state index contributed by atoms with van der Waals surface area (Å²) in [7, 11) is 0. The summed E-state index contributed by atoms with van der Waals surface area (Å²) >= 11 is 1.44. The van der Waals surface area contributed by atoms with E-state index in [1.807, 2.05) is 54.8 Å². The summed E-state index contributed by atoms with van der Waals surface area (Å²) in [6.07, 6.45) is 1.19. The van der Waals surface area contributed by atoms with Crippen LogP contribution in [-0.2, 0) is 14.3 Å². The molecule has 0 aromatic heterocycles. The predicted octanol–water partition coefficient (Wildman–Crippen LogP) is 3.83. The number of ether oxygens (including phenoxy) is 1. The summed E-state index contributed by atoms with van der Waals surface area (Å²) in [6.45, 7) is -1.56. The average Bonchev–Trinajstić information content (AvgIpc) is 3.34. The quantitative estimate of drug-likeness (QED) is 0.568. The highest BCUT2D eigenvalue weighted by Gasteiger charge is 2.54. The minimum atomic E-state index is -3.53. The number of carboxylic acid groups (broad SMARTS) is 1. The number of alkyl carbamates (subject to hydrolysis) is 1. The van der Waals surface area contributed by atoms with Gasteiger partial charge in [-0.2, -0.15) is 11.8 Å². The van der Waals surface area contributed by atoms with E-state index in [9.17, 15) is 23.2 Å². The summed E-state index contributed by atoms with van der Waals surface area (Å²) in [5.74, 6) is -7.57. The first-order valence-electron chi connectivity index (χ1n) is 11.2. The van der Waals surface area contributed by atoms with E-state index in [0.29, 0.717) is 5.75 Å². The number of carbonyl (C=O) groups excluding carboxylic acids is 2. The van der Waals surface area contributed by atoms with Crippen LogP contribution in [0.1, 0.15) is 23.5 Å². The third kappa shape index (κ3) is 5.12. The molecule has 0 bridgehead atoms. The van der Waals surface area contributed by atoms with Crippen molar-refractivity contribution in [2.75, 3.05) is 31.7 Å². The Morgan fingerprint density at radius 2 is 1.74 bits per heavy atom. The highest BCUT2D eigenvalue weighted by molar-refractivity contribution is 7.98. The van der Waals surface area contributed by atoms with Gasteiger partial charge in [0.05, 0.1) is 6.54 Å². The van der Waals surface area contributed by atoms with Crippen LogP contribution in [0.25, 0.3) is 11.1 Å². The second-order valence-corrected chi connectivity index (χ2v) is 9.66. The van der Waals surface area contributed by atoms with Crippen molar-refractivity contribution >= 4 is 29.7 Å².